The summed E-state index contributed by atoms with van der Waals surface area (Å²) in [6.45, 7) is 0. The van der Waals surface area contributed by atoms with E-state index in [9.17, 15) is 0 Å². The minimum Gasteiger partial charge on any atom is -0.481 e. The molecular weight excluding hydrogens is 412 g/mol. The van der Waals surface area contributed by atoms with E-state index in [1.807, 2.05) is 36.7 Å². The highest BCUT2D eigenvalue weighted by atomic mass is 35.5. The van der Waals surface area contributed by atoms with Crippen LogP contribution in [0.3, 0.4) is 0 Å². The Hall–Kier alpha value is -2.90. The van der Waals surface area contributed by atoms with Crippen molar-refractivity contribution in [2.24, 2.45) is 5.73 Å². The average molecular weight is 435 g/mol. The minimum absolute atomic E-state index is 0.296. The molecule has 1 unspecified atom stereocenters. The Kier molecular flexibility index (Phi) is 4.30. The highest BCUT2D eigenvalue weighted by Crippen LogP contribution is 2.40. The number of hydrogen-bond acceptors (Lipinski definition) is 6. The summed E-state index contributed by atoms with van der Waals surface area (Å²) in [4.78, 5) is 20.0. The standard InChI is InChI=1S/C23H23ClN6O/c1-31-19-7-3-12-2-6-16(20(24)21(12)29-19)17-10-27-23-22(17)26-11-18(28-23)30-14-4-5-15(30)9-13(25)8-14/h2-3,6-7,10-11,13-15H,4-5,8-9,25H2,1H3,(H,27,28)/t13?,14-,15+. The van der Waals surface area contributed by atoms with Crippen LogP contribution in [0.25, 0.3) is 33.2 Å². The molecule has 0 aliphatic carbocycles. The zero-order valence-corrected chi connectivity index (χ0v) is 17.9. The highest BCUT2D eigenvalue weighted by molar-refractivity contribution is 6.38. The molecule has 8 heteroatoms. The second kappa shape index (κ2) is 7.07. The molecule has 6 rings (SSSR count). The van der Waals surface area contributed by atoms with Gasteiger partial charge in [0.2, 0.25) is 5.88 Å². The third-order valence-electron chi connectivity index (χ3n) is 6.68. The van der Waals surface area contributed by atoms with Crippen LogP contribution in [-0.2, 0) is 0 Å². The second-order valence-electron chi connectivity index (χ2n) is 8.50. The molecule has 2 aliphatic heterocycles. The molecule has 31 heavy (non-hydrogen) atoms. The molecule has 1 aromatic carbocycles. The number of benzene rings is 1. The number of ether oxygens (including phenoxy) is 1. The zero-order chi connectivity index (χ0) is 21.1. The van der Waals surface area contributed by atoms with Crippen molar-refractivity contribution in [2.45, 2.75) is 43.8 Å². The molecule has 7 nitrogen and oxygen atoms in total. The molecule has 2 aliphatic rings. The van der Waals surface area contributed by atoms with Crippen LogP contribution in [0.15, 0.2) is 36.7 Å². The summed E-state index contributed by atoms with van der Waals surface area (Å²) < 4.78 is 5.27. The molecule has 4 aromatic rings. The predicted octanol–water partition coefficient (Wildman–Crippen LogP) is 4.29. The maximum Gasteiger partial charge on any atom is 0.213 e. The number of fused-ring (bicyclic) bond motifs is 4. The molecule has 3 atom stereocenters. The number of aromatic nitrogens is 4. The summed E-state index contributed by atoms with van der Waals surface area (Å²) in [6.07, 6.45) is 8.21. The third-order valence-corrected chi connectivity index (χ3v) is 7.06. The first-order chi connectivity index (χ1) is 15.1. The van der Waals surface area contributed by atoms with Crippen molar-refractivity contribution in [3.63, 3.8) is 0 Å². The molecule has 0 saturated carbocycles. The monoisotopic (exact) mass is 434 g/mol. The van der Waals surface area contributed by atoms with E-state index in [0.29, 0.717) is 34.5 Å². The van der Waals surface area contributed by atoms with Gasteiger partial charge in [0.25, 0.3) is 0 Å². The van der Waals surface area contributed by atoms with Crippen LogP contribution >= 0.6 is 11.6 Å². The summed E-state index contributed by atoms with van der Waals surface area (Å²) in [6, 6.07) is 9.03. The fraction of sp³-hybridized carbons (Fsp3) is 0.348. The normalized spacial score (nSPS) is 23.1. The van der Waals surface area contributed by atoms with Gasteiger partial charge in [-0.15, -0.1) is 0 Å². The lowest BCUT2D eigenvalue weighted by Crippen LogP contribution is -2.47. The summed E-state index contributed by atoms with van der Waals surface area (Å²) in [5.74, 6) is 1.46. The second-order valence-corrected chi connectivity index (χ2v) is 8.88. The topological polar surface area (TPSA) is 93.0 Å². The SMILES string of the molecule is COc1ccc2ccc(-c3c[nH]c4nc(N5[C@@H]6CC[C@H]5CC(N)C6)cnc34)c(Cl)c2n1. The van der Waals surface area contributed by atoms with Crippen molar-refractivity contribution in [1.29, 1.82) is 0 Å². The van der Waals surface area contributed by atoms with Gasteiger partial charge in [0.1, 0.15) is 11.3 Å². The van der Waals surface area contributed by atoms with E-state index in [1.54, 1.807) is 7.11 Å². The Morgan fingerprint density at radius 3 is 2.61 bits per heavy atom. The van der Waals surface area contributed by atoms with Crippen LogP contribution in [0.4, 0.5) is 5.82 Å². The van der Waals surface area contributed by atoms with Gasteiger partial charge in [0, 0.05) is 46.9 Å². The maximum atomic E-state index is 6.78. The van der Waals surface area contributed by atoms with E-state index in [4.69, 9.17) is 32.0 Å². The average Bonchev–Trinajstić information content (AvgIpc) is 3.32. The van der Waals surface area contributed by atoms with Gasteiger partial charge in [0.05, 0.1) is 23.8 Å². The van der Waals surface area contributed by atoms with E-state index >= 15 is 0 Å². The number of H-pyrrole nitrogens is 1. The van der Waals surface area contributed by atoms with Crippen LogP contribution in [0.2, 0.25) is 5.02 Å². The number of nitrogens with one attached hydrogen (secondary N) is 1. The van der Waals surface area contributed by atoms with Gasteiger partial charge in [-0.3, -0.25) is 0 Å². The maximum absolute atomic E-state index is 6.78. The van der Waals surface area contributed by atoms with Gasteiger partial charge in [-0.2, -0.15) is 0 Å². The van der Waals surface area contributed by atoms with Gasteiger partial charge in [-0.05, 0) is 31.7 Å². The van der Waals surface area contributed by atoms with Gasteiger partial charge in [-0.25, -0.2) is 15.0 Å². The van der Waals surface area contributed by atoms with Crippen LogP contribution in [-0.4, -0.2) is 45.2 Å². The number of aromatic amines is 1. The van der Waals surface area contributed by atoms with Crippen molar-refractivity contribution in [2.75, 3.05) is 12.0 Å². The number of hydrogen-bond donors (Lipinski definition) is 2. The Bertz CT molecular complexity index is 1290. The molecule has 0 spiro atoms. The molecule has 3 aromatic heterocycles. The Labute approximate surface area is 184 Å². The minimum atomic E-state index is 0.296. The van der Waals surface area contributed by atoms with Gasteiger partial charge >= 0.3 is 0 Å². The number of methoxy groups -OCH3 is 1. The largest absolute Gasteiger partial charge is 0.481 e. The zero-order valence-electron chi connectivity index (χ0n) is 17.2. The molecule has 5 heterocycles. The third kappa shape index (κ3) is 2.95. The number of rotatable bonds is 3. The van der Waals surface area contributed by atoms with Gasteiger partial charge in [0.15, 0.2) is 5.65 Å². The summed E-state index contributed by atoms with van der Waals surface area (Å²) in [7, 11) is 1.60. The molecular formula is C23H23ClN6O. The summed E-state index contributed by atoms with van der Waals surface area (Å²) in [5, 5.41) is 1.53. The molecule has 3 N–H and O–H groups in total. The molecule has 0 radical (unpaired) electrons. The fourth-order valence-corrected chi connectivity index (χ4v) is 5.58. The fourth-order valence-electron chi connectivity index (χ4n) is 5.27. The molecule has 2 bridgehead atoms. The van der Waals surface area contributed by atoms with Gasteiger partial charge in [-0.1, -0.05) is 23.7 Å². The van der Waals surface area contributed by atoms with E-state index in [2.05, 4.69) is 14.9 Å². The number of piperidine rings is 1. The Morgan fingerprint density at radius 1 is 1.06 bits per heavy atom. The van der Waals surface area contributed by atoms with Crippen molar-refractivity contribution in [3.8, 4) is 17.0 Å². The number of nitrogens with two attached hydrogens (primary N) is 1. The van der Waals surface area contributed by atoms with Crippen molar-refractivity contribution < 1.29 is 4.74 Å². The van der Waals surface area contributed by atoms with E-state index in [-0.39, 0.29) is 0 Å². The van der Waals surface area contributed by atoms with Crippen LogP contribution < -0.4 is 15.4 Å². The van der Waals surface area contributed by atoms with Crippen LogP contribution in [0.1, 0.15) is 25.7 Å². The van der Waals surface area contributed by atoms with Crippen LogP contribution in [0, 0.1) is 0 Å². The highest BCUT2D eigenvalue weighted by Gasteiger charge is 2.40. The molecule has 2 saturated heterocycles. The first-order valence-corrected chi connectivity index (χ1v) is 11.0. The molecule has 158 valence electrons. The summed E-state index contributed by atoms with van der Waals surface area (Å²) >= 11 is 6.78. The Balaban J connectivity index is 1.42. The van der Waals surface area contributed by atoms with Crippen molar-refractivity contribution in [1.82, 2.24) is 19.9 Å². The predicted molar refractivity (Wildman–Crippen MR) is 123 cm³/mol. The Morgan fingerprint density at radius 2 is 1.84 bits per heavy atom. The van der Waals surface area contributed by atoms with E-state index < -0.39 is 0 Å². The van der Waals surface area contributed by atoms with Crippen molar-refractivity contribution in [3.05, 3.63) is 41.7 Å². The number of pyridine rings is 1. The first kappa shape index (κ1) is 18.8. The first-order valence-electron chi connectivity index (χ1n) is 10.6. The van der Waals surface area contributed by atoms with Gasteiger partial charge < -0.3 is 20.4 Å². The van der Waals surface area contributed by atoms with Crippen LogP contribution in [0.5, 0.6) is 5.88 Å². The number of halogens is 1. The lowest BCUT2D eigenvalue weighted by Gasteiger charge is -2.38. The quantitative estimate of drug-likeness (QED) is 0.499. The lowest BCUT2D eigenvalue weighted by molar-refractivity contribution is 0.399. The molecule has 2 fully saturated rings. The lowest BCUT2D eigenvalue weighted by atomic mass is 9.98. The number of anilines is 1. The molecule has 0 amide bonds. The van der Waals surface area contributed by atoms with Crippen molar-refractivity contribution >= 4 is 39.5 Å². The van der Waals surface area contributed by atoms with E-state index in [1.165, 1.54) is 12.8 Å². The number of nitrogens with zero attached hydrogens (tertiary/aromatic N) is 4. The smallest absolute Gasteiger partial charge is 0.213 e. The summed E-state index contributed by atoms with van der Waals surface area (Å²) in [5.41, 5.74) is 10.3. The van der Waals surface area contributed by atoms with E-state index in [0.717, 1.165) is 46.3 Å².